The third-order valence-electron chi connectivity index (χ3n) is 6.05. The van der Waals surface area contributed by atoms with Gasteiger partial charge in [-0.15, -0.1) is 0 Å². The molecule has 0 spiro atoms. The van der Waals surface area contributed by atoms with Crippen LogP contribution in [-0.2, 0) is 10.7 Å². The monoisotopic (exact) mass is 447 g/mol. The number of benzene rings is 2. The van der Waals surface area contributed by atoms with Crippen LogP contribution in [0.3, 0.4) is 0 Å². The zero-order valence-corrected chi connectivity index (χ0v) is 18.6. The second kappa shape index (κ2) is 7.94. The van der Waals surface area contributed by atoms with E-state index < -0.39 is 24.9 Å². The first-order valence-electron chi connectivity index (χ1n) is 10.4. The Kier molecular flexibility index (Phi) is 5.59. The minimum Gasteiger partial charge on any atom is -0.363 e. The lowest BCUT2D eigenvalue weighted by Gasteiger charge is -2.21. The summed E-state index contributed by atoms with van der Waals surface area (Å²) in [5.41, 5.74) is 0.835. The highest BCUT2D eigenvalue weighted by atomic mass is 31.2. The molecule has 0 unspecified atom stereocenters. The highest BCUT2D eigenvalue weighted by Gasteiger charge is 2.33. The number of fused-ring (bicyclic) bond motifs is 1. The van der Waals surface area contributed by atoms with E-state index >= 15 is 0 Å². The van der Waals surface area contributed by atoms with E-state index in [0.29, 0.717) is 29.5 Å². The van der Waals surface area contributed by atoms with Crippen LogP contribution in [0.5, 0.6) is 0 Å². The molecule has 3 aromatic rings. The maximum absolute atomic E-state index is 13.3. The van der Waals surface area contributed by atoms with Crippen molar-refractivity contribution in [1.82, 2.24) is 9.97 Å². The van der Waals surface area contributed by atoms with Gasteiger partial charge in [-0.05, 0) is 69.0 Å². The number of nitrogens with zero attached hydrogens (tertiary/aromatic N) is 2. The van der Waals surface area contributed by atoms with Gasteiger partial charge in [-0.1, -0.05) is 12.1 Å². The van der Waals surface area contributed by atoms with Gasteiger partial charge in [0.1, 0.15) is 18.8 Å². The summed E-state index contributed by atoms with van der Waals surface area (Å²) in [4.78, 5) is 9.01. The number of halogens is 3. The molecule has 1 aromatic heterocycles. The first-order chi connectivity index (χ1) is 14.6. The van der Waals surface area contributed by atoms with Gasteiger partial charge in [-0.2, -0.15) is 13.2 Å². The Hall–Kier alpha value is -2.40. The summed E-state index contributed by atoms with van der Waals surface area (Å²) >= 11 is 0. The number of anilines is 1. The zero-order chi connectivity index (χ0) is 22.4. The molecule has 2 aromatic carbocycles. The standard InChI is InChI=1S/C23H25F3N3OP/c1-14-18(7-6-8-20(14)23(24,25)26)15(2)27-22-19-13-17(31(30)11-4-5-12-31)9-10-21(19)28-16(3)29-22/h6-10,13,15H,4-5,11-12H2,1-3H3,(H,27,28,29)/t15-/m1/s1. The Bertz CT molecular complexity index is 1180. The number of nitrogens with one attached hydrogen (secondary N) is 1. The highest BCUT2D eigenvalue weighted by Crippen LogP contribution is 2.51. The average Bonchev–Trinajstić information content (AvgIpc) is 3.14. The predicted octanol–water partition coefficient (Wildman–Crippen LogP) is 6.22. The molecule has 1 aliphatic rings. The van der Waals surface area contributed by atoms with Crippen LogP contribution >= 0.6 is 7.14 Å². The second-order valence-corrected chi connectivity index (χ2v) is 11.4. The predicted molar refractivity (Wildman–Crippen MR) is 119 cm³/mol. The lowest BCUT2D eigenvalue weighted by molar-refractivity contribution is -0.138. The van der Waals surface area contributed by atoms with Crippen molar-refractivity contribution in [3.8, 4) is 0 Å². The average molecular weight is 447 g/mol. The first-order valence-corrected chi connectivity index (χ1v) is 12.5. The van der Waals surface area contributed by atoms with Gasteiger partial charge in [0.2, 0.25) is 0 Å². The molecule has 0 amide bonds. The number of aryl methyl sites for hydroxylation is 1. The number of hydrogen-bond acceptors (Lipinski definition) is 4. The van der Waals surface area contributed by atoms with Crippen LogP contribution in [0.2, 0.25) is 0 Å². The van der Waals surface area contributed by atoms with E-state index in [1.165, 1.54) is 13.0 Å². The normalized spacial score (nSPS) is 17.1. The fourth-order valence-electron chi connectivity index (χ4n) is 4.41. The SMILES string of the molecule is Cc1nc(N[C@H](C)c2cccc(C(F)(F)F)c2C)c2cc(P3(=O)CCCC3)ccc2n1. The quantitative estimate of drug-likeness (QED) is 0.483. The molecule has 0 bridgehead atoms. The third kappa shape index (κ3) is 4.20. The fourth-order valence-corrected chi connectivity index (χ4v) is 7.33. The van der Waals surface area contributed by atoms with Gasteiger partial charge in [0.15, 0.2) is 0 Å². The molecule has 1 N–H and O–H groups in total. The van der Waals surface area contributed by atoms with Crippen LogP contribution in [0, 0.1) is 13.8 Å². The molecular formula is C23H25F3N3OP. The molecule has 8 heteroatoms. The smallest absolute Gasteiger partial charge is 0.363 e. The van der Waals surface area contributed by atoms with E-state index in [0.717, 1.165) is 35.1 Å². The maximum atomic E-state index is 13.3. The largest absolute Gasteiger partial charge is 0.416 e. The minimum atomic E-state index is -4.40. The highest BCUT2D eigenvalue weighted by molar-refractivity contribution is 7.71. The summed E-state index contributed by atoms with van der Waals surface area (Å²) in [7, 11) is -2.39. The van der Waals surface area contributed by atoms with Gasteiger partial charge in [0.25, 0.3) is 0 Å². The Balaban J connectivity index is 1.75. The second-order valence-electron chi connectivity index (χ2n) is 8.25. The first kappa shape index (κ1) is 21.8. The summed E-state index contributed by atoms with van der Waals surface area (Å²) in [6.07, 6.45) is -1.03. The molecule has 1 atom stereocenters. The van der Waals surface area contributed by atoms with Crippen LogP contribution in [0.25, 0.3) is 10.9 Å². The van der Waals surface area contributed by atoms with E-state index in [1.807, 2.05) is 25.1 Å². The molecule has 4 nitrogen and oxygen atoms in total. The zero-order valence-electron chi connectivity index (χ0n) is 17.8. The van der Waals surface area contributed by atoms with E-state index in [2.05, 4.69) is 15.3 Å². The van der Waals surface area contributed by atoms with Gasteiger partial charge in [0, 0.05) is 23.0 Å². The number of rotatable bonds is 4. The van der Waals surface area contributed by atoms with Crippen molar-refractivity contribution in [2.45, 2.75) is 45.8 Å². The van der Waals surface area contributed by atoms with Crippen molar-refractivity contribution in [3.05, 3.63) is 58.9 Å². The lowest BCUT2D eigenvalue weighted by Crippen LogP contribution is -2.15. The van der Waals surface area contributed by atoms with Gasteiger partial charge in [0.05, 0.1) is 17.1 Å². The lowest BCUT2D eigenvalue weighted by atomic mass is 9.97. The maximum Gasteiger partial charge on any atom is 0.416 e. The van der Waals surface area contributed by atoms with Crippen molar-refractivity contribution >= 4 is 29.2 Å². The number of aromatic nitrogens is 2. The van der Waals surface area contributed by atoms with Crippen molar-refractivity contribution in [2.75, 3.05) is 17.6 Å². The number of hydrogen-bond donors (Lipinski definition) is 1. The summed E-state index contributed by atoms with van der Waals surface area (Å²) < 4.78 is 53.3. The fraction of sp³-hybridized carbons (Fsp3) is 0.391. The summed E-state index contributed by atoms with van der Waals surface area (Å²) in [5, 5.41) is 4.85. The van der Waals surface area contributed by atoms with E-state index in [9.17, 15) is 17.7 Å². The van der Waals surface area contributed by atoms with E-state index in [1.54, 1.807) is 13.0 Å². The van der Waals surface area contributed by atoms with Crippen LogP contribution < -0.4 is 10.6 Å². The van der Waals surface area contributed by atoms with Crippen molar-refractivity contribution in [2.24, 2.45) is 0 Å². The molecule has 0 saturated carbocycles. The van der Waals surface area contributed by atoms with Crippen molar-refractivity contribution in [1.29, 1.82) is 0 Å². The summed E-state index contributed by atoms with van der Waals surface area (Å²) in [6.45, 7) is 5.08. The molecule has 2 heterocycles. The van der Waals surface area contributed by atoms with Crippen molar-refractivity contribution < 1.29 is 17.7 Å². The van der Waals surface area contributed by atoms with Crippen LogP contribution in [0.15, 0.2) is 36.4 Å². The van der Waals surface area contributed by atoms with Gasteiger partial charge in [-0.3, -0.25) is 0 Å². The molecule has 31 heavy (non-hydrogen) atoms. The summed E-state index contributed by atoms with van der Waals surface area (Å²) in [5.74, 6) is 1.10. The molecule has 1 fully saturated rings. The molecule has 164 valence electrons. The van der Waals surface area contributed by atoms with Gasteiger partial charge >= 0.3 is 6.18 Å². The topological polar surface area (TPSA) is 54.9 Å². The Morgan fingerprint density at radius 1 is 1.06 bits per heavy atom. The van der Waals surface area contributed by atoms with E-state index in [4.69, 9.17) is 0 Å². The Labute approximate surface area is 179 Å². The molecule has 4 rings (SSSR count). The van der Waals surface area contributed by atoms with Crippen LogP contribution in [0.4, 0.5) is 19.0 Å². The molecule has 1 saturated heterocycles. The molecular weight excluding hydrogens is 422 g/mol. The molecule has 0 radical (unpaired) electrons. The van der Waals surface area contributed by atoms with Crippen LogP contribution in [0.1, 0.15) is 48.3 Å². The van der Waals surface area contributed by atoms with Crippen molar-refractivity contribution in [3.63, 3.8) is 0 Å². The van der Waals surface area contributed by atoms with Gasteiger partial charge in [-0.25, -0.2) is 9.97 Å². The van der Waals surface area contributed by atoms with Gasteiger partial charge < -0.3 is 9.88 Å². The van der Waals surface area contributed by atoms with E-state index in [-0.39, 0.29) is 5.56 Å². The molecule has 1 aliphatic heterocycles. The third-order valence-corrected chi connectivity index (χ3v) is 9.35. The Morgan fingerprint density at radius 2 is 1.77 bits per heavy atom. The minimum absolute atomic E-state index is 0.196. The summed E-state index contributed by atoms with van der Waals surface area (Å²) in [6, 6.07) is 9.46. The Morgan fingerprint density at radius 3 is 2.45 bits per heavy atom. The van der Waals surface area contributed by atoms with Crippen LogP contribution in [-0.4, -0.2) is 22.3 Å². The molecule has 0 aliphatic carbocycles. The number of alkyl halides is 3.